The third-order valence-corrected chi connectivity index (χ3v) is 8.62. The number of hydrogen-bond donors (Lipinski definition) is 1. The lowest BCUT2D eigenvalue weighted by atomic mass is 10.1. The number of carbonyl (C=O) groups excluding carboxylic acids is 2. The van der Waals surface area contributed by atoms with Gasteiger partial charge in [0.1, 0.15) is 12.6 Å². The predicted molar refractivity (Wildman–Crippen MR) is 154 cm³/mol. The van der Waals surface area contributed by atoms with Crippen molar-refractivity contribution in [2.24, 2.45) is 0 Å². The SMILES string of the molecule is Cc1cccc(N(CC(=O)N(Cc2ccc(Br)cc2)[C@@H](C)C(=O)NC(C)C)S(=O)(=O)c2ccccc2)c1C. The summed E-state index contributed by atoms with van der Waals surface area (Å²) in [4.78, 5) is 28.4. The quantitative estimate of drug-likeness (QED) is 0.347. The third kappa shape index (κ3) is 7.02. The molecule has 2 amide bonds. The Labute approximate surface area is 234 Å². The molecule has 0 bridgehead atoms. The van der Waals surface area contributed by atoms with Crippen molar-refractivity contribution in [2.45, 2.75) is 58.1 Å². The van der Waals surface area contributed by atoms with Gasteiger partial charge in [-0.3, -0.25) is 13.9 Å². The van der Waals surface area contributed by atoms with Crippen molar-refractivity contribution in [3.05, 3.63) is 94.0 Å². The van der Waals surface area contributed by atoms with Crippen LogP contribution in [0.25, 0.3) is 0 Å². The van der Waals surface area contributed by atoms with E-state index >= 15 is 0 Å². The van der Waals surface area contributed by atoms with Gasteiger partial charge in [-0.05, 0) is 81.6 Å². The van der Waals surface area contributed by atoms with Crippen LogP contribution in [-0.4, -0.2) is 43.8 Å². The minimum Gasteiger partial charge on any atom is -0.352 e. The molecule has 3 rings (SSSR count). The fourth-order valence-corrected chi connectivity index (χ4v) is 5.77. The molecule has 0 spiro atoms. The van der Waals surface area contributed by atoms with Crippen molar-refractivity contribution in [3.8, 4) is 0 Å². The minimum absolute atomic E-state index is 0.0822. The molecule has 0 aliphatic rings. The first kappa shape index (κ1) is 29.4. The zero-order valence-electron chi connectivity index (χ0n) is 22.3. The maximum atomic E-state index is 13.9. The molecule has 0 unspecified atom stereocenters. The standard InChI is InChI=1S/C29H34BrN3O4S/c1-20(2)31-29(35)23(5)32(18-24-14-16-25(30)17-15-24)28(34)19-33(27-13-9-10-21(3)22(27)4)38(36,37)26-11-7-6-8-12-26/h6-17,20,23H,18-19H2,1-5H3,(H,31,35)/t23-/m0/s1. The highest BCUT2D eigenvalue weighted by molar-refractivity contribution is 9.10. The zero-order chi connectivity index (χ0) is 28.0. The number of carbonyl (C=O) groups is 2. The number of amides is 2. The smallest absolute Gasteiger partial charge is 0.264 e. The minimum atomic E-state index is -4.09. The molecule has 38 heavy (non-hydrogen) atoms. The summed E-state index contributed by atoms with van der Waals surface area (Å²) in [7, 11) is -4.09. The van der Waals surface area contributed by atoms with Gasteiger partial charge in [0, 0.05) is 17.1 Å². The number of anilines is 1. The Morgan fingerprint density at radius 1 is 0.895 bits per heavy atom. The van der Waals surface area contributed by atoms with Gasteiger partial charge in [0.15, 0.2) is 0 Å². The molecule has 0 heterocycles. The van der Waals surface area contributed by atoms with E-state index in [1.165, 1.54) is 17.0 Å². The molecule has 7 nitrogen and oxygen atoms in total. The Bertz CT molecular complexity index is 1380. The van der Waals surface area contributed by atoms with Crippen LogP contribution in [0, 0.1) is 13.8 Å². The average Bonchev–Trinajstić information content (AvgIpc) is 2.88. The van der Waals surface area contributed by atoms with Gasteiger partial charge in [0.05, 0.1) is 10.6 Å². The Balaban J connectivity index is 2.06. The van der Waals surface area contributed by atoms with E-state index in [9.17, 15) is 18.0 Å². The van der Waals surface area contributed by atoms with Crippen LogP contribution in [0.2, 0.25) is 0 Å². The van der Waals surface area contributed by atoms with Gasteiger partial charge < -0.3 is 10.2 Å². The molecule has 0 radical (unpaired) electrons. The van der Waals surface area contributed by atoms with Crippen LogP contribution in [0.15, 0.2) is 82.2 Å². The molecule has 1 N–H and O–H groups in total. The lowest BCUT2D eigenvalue weighted by molar-refractivity contribution is -0.139. The third-order valence-electron chi connectivity index (χ3n) is 6.32. The maximum Gasteiger partial charge on any atom is 0.264 e. The van der Waals surface area contributed by atoms with Gasteiger partial charge in [-0.2, -0.15) is 0 Å². The van der Waals surface area contributed by atoms with E-state index < -0.39 is 28.5 Å². The first-order valence-electron chi connectivity index (χ1n) is 12.4. The van der Waals surface area contributed by atoms with Crippen LogP contribution in [-0.2, 0) is 26.2 Å². The molecule has 1 atom stereocenters. The highest BCUT2D eigenvalue weighted by Gasteiger charge is 2.33. The molecular formula is C29H34BrN3O4S. The second-order valence-corrected chi connectivity index (χ2v) is 12.3. The van der Waals surface area contributed by atoms with Gasteiger partial charge in [-0.15, -0.1) is 0 Å². The molecule has 0 fully saturated rings. The number of sulfonamides is 1. The molecule has 9 heteroatoms. The van der Waals surface area contributed by atoms with Crippen molar-refractivity contribution in [2.75, 3.05) is 10.8 Å². The van der Waals surface area contributed by atoms with E-state index in [2.05, 4.69) is 21.2 Å². The Morgan fingerprint density at radius 3 is 2.13 bits per heavy atom. The molecule has 0 aromatic heterocycles. The van der Waals surface area contributed by atoms with Gasteiger partial charge in [-0.1, -0.05) is 58.4 Å². The van der Waals surface area contributed by atoms with Gasteiger partial charge in [-0.25, -0.2) is 8.42 Å². The summed E-state index contributed by atoms with van der Waals surface area (Å²) in [5, 5.41) is 2.86. The molecule has 0 aliphatic heterocycles. The summed E-state index contributed by atoms with van der Waals surface area (Å²) in [6.07, 6.45) is 0. The predicted octanol–water partition coefficient (Wildman–Crippen LogP) is 5.20. The van der Waals surface area contributed by atoms with E-state index in [0.717, 1.165) is 25.5 Å². The van der Waals surface area contributed by atoms with Crippen LogP contribution in [0.1, 0.15) is 37.5 Å². The Hall–Kier alpha value is -3.17. The highest BCUT2D eigenvalue weighted by Crippen LogP contribution is 2.29. The average molecular weight is 601 g/mol. The van der Waals surface area contributed by atoms with E-state index in [0.29, 0.717) is 5.69 Å². The Kier molecular flexibility index (Phi) is 9.73. The summed E-state index contributed by atoms with van der Waals surface area (Å²) in [6.45, 7) is 8.76. The van der Waals surface area contributed by atoms with Crippen molar-refractivity contribution >= 4 is 43.5 Å². The molecule has 0 aliphatic carbocycles. The molecule has 0 saturated carbocycles. The topological polar surface area (TPSA) is 86.8 Å². The summed E-state index contributed by atoms with van der Waals surface area (Å²) in [5.74, 6) is -0.797. The van der Waals surface area contributed by atoms with Gasteiger partial charge >= 0.3 is 0 Å². The number of benzene rings is 3. The van der Waals surface area contributed by atoms with E-state index in [1.54, 1.807) is 37.3 Å². The monoisotopic (exact) mass is 599 g/mol. The summed E-state index contributed by atoms with van der Waals surface area (Å²) in [5.41, 5.74) is 2.89. The second kappa shape index (κ2) is 12.6. The largest absolute Gasteiger partial charge is 0.352 e. The van der Waals surface area contributed by atoms with Crippen molar-refractivity contribution in [1.29, 1.82) is 0 Å². The van der Waals surface area contributed by atoms with E-state index in [-0.39, 0.29) is 23.4 Å². The number of hydrogen-bond acceptors (Lipinski definition) is 4. The van der Waals surface area contributed by atoms with E-state index in [1.807, 2.05) is 58.0 Å². The molecule has 202 valence electrons. The molecule has 3 aromatic rings. The zero-order valence-corrected chi connectivity index (χ0v) is 24.7. The van der Waals surface area contributed by atoms with Crippen LogP contribution >= 0.6 is 15.9 Å². The first-order chi connectivity index (χ1) is 17.9. The van der Waals surface area contributed by atoms with Gasteiger partial charge in [0.2, 0.25) is 11.8 Å². The first-order valence-corrected chi connectivity index (χ1v) is 14.6. The molecule has 0 saturated heterocycles. The number of nitrogens with zero attached hydrogens (tertiary/aromatic N) is 2. The lowest BCUT2D eigenvalue weighted by Gasteiger charge is -2.33. The number of halogens is 1. The number of nitrogens with one attached hydrogen (secondary N) is 1. The van der Waals surface area contributed by atoms with E-state index in [4.69, 9.17) is 0 Å². The molecular weight excluding hydrogens is 566 g/mol. The fourth-order valence-electron chi connectivity index (χ4n) is 4.01. The van der Waals surface area contributed by atoms with Crippen molar-refractivity contribution in [3.63, 3.8) is 0 Å². The fraction of sp³-hybridized carbons (Fsp3) is 0.310. The summed E-state index contributed by atoms with van der Waals surface area (Å²) in [6, 6.07) is 19.9. The summed E-state index contributed by atoms with van der Waals surface area (Å²) >= 11 is 3.42. The van der Waals surface area contributed by atoms with Crippen LogP contribution in [0.5, 0.6) is 0 Å². The molecule has 3 aromatic carbocycles. The summed E-state index contributed by atoms with van der Waals surface area (Å²) < 4.78 is 29.8. The lowest BCUT2D eigenvalue weighted by Crippen LogP contribution is -2.52. The van der Waals surface area contributed by atoms with Crippen molar-refractivity contribution < 1.29 is 18.0 Å². The maximum absolute atomic E-state index is 13.9. The van der Waals surface area contributed by atoms with Crippen molar-refractivity contribution in [1.82, 2.24) is 10.2 Å². The van der Waals surface area contributed by atoms with Crippen LogP contribution in [0.3, 0.4) is 0 Å². The highest BCUT2D eigenvalue weighted by atomic mass is 79.9. The number of rotatable bonds is 10. The Morgan fingerprint density at radius 2 is 1.53 bits per heavy atom. The van der Waals surface area contributed by atoms with Crippen LogP contribution < -0.4 is 9.62 Å². The number of aryl methyl sites for hydroxylation is 1. The van der Waals surface area contributed by atoms with Gasteiger partial charge in [0.25, 0.3) is 10.0 Å². The van der Waals surface area contributed by atoms with Crippen LogP contribution in [0.4, 0.5) is 5.69 Å². The second-order valence-electron chi connectivity index (χ2n) is 9.53. The normalized spacial score (nSPS) is 12.2.